The fourth-order valence-corrected chi connectivity index (χ4v) is 2.33. The van der Waals surface area contributed by atoms with Crippen LogP contribution in [0.25, 0.3) is 0 Å². The third-order valence-electron chi connectivity index (χ3n) is 3.15. The summed E-state index contributed by atoms with van der Waals surface area (Å²) in [6.07, 6.45) is 1.06. The van der Waals surface area contributed by atoms with Gasteiger partial charge in [-0.15, -0.1) is 0 Å². The third-order valence-corrected chi connectivity index (χ3v) is 3.46. The summed E-state index contributed by atoms with van der Waals surface area (Å²) in [5, 5.41) is 4.11. The topological polar surface area (TPSA) is 34.4 Å². The Morgan fingerprint density at radius 3 is 2.70 bits per heavy atom. The molecule has 0 radical (unpaired) electrons. The summed E-state index contributed by atoms with van der Waals surface area (Å²) in [4.78, 5) is 0. The van der Waals surface area contributed by atoms with Crippen LogP contribution in [0.5, 0.6) is 5.75 Å². The number of nitrogens with one attached hydrogen (secondary N) is 1. The van der Waals surface area contributed by atoms with Crippen molar-refractivity contribution in [2.75, 3.05) is 13.7 Å². The molecule has 0 saturated carbocycles. The van der Waals surface area contributed by atoms with Crippen LogP contribution in [0.1, 0.15) is 36.5 Å². The standard InChI is InChI=1S/C16H20ClNO2/c1-4-9-18-16(14-8-5-11(2)20-14)12-6-7-13(17)15(10-12)19-3/h5-8,10,16,18H,4,9H2,1-3H3. The number of furan rings is 1. The molecule has 1 aromatic heterocycles. The molecule has 2 rings (SSSR count). The molecule has 1 heterocycles. The van der Waals surface area contributed by atoms with Crippen molar-refractivity contribution in [3.63, 3.8) is 0 Å². The first-order valence-electron chi connectivity index (χ1n) is 6.79. The van der Waals surface area contributed by atoms with Gasteiger partial charge in [0.1, 0.15) is 17.3 Å². The Hall–Kier alpha value is -1.45. The maximum Gasteiger partial charge on any atom is 0.137 e. The van der Waals surface area contributed by atoms with Crippen molar-refractivity contribution in [3.05, 3.63) is 52.4 Å². The van der Waals surface area contributed by atoms with Gasteiger partial charge in [-0.1, -0.05) is 24.6 Å². The summed E-state index contributed by atoms with van der Waals surface area (Å²) in [6.45, 7) is 5.00. The molecule has 0 bridgehead atoms. The molecule has 0 aliphatic carbocycles. The first kappa shape index (κ1) is 14.9. The maximum atomic E-state index is 6.09. The number of aryl methyl sites for hydroxylation is 1. The quantitative estimate of drug-likeness (QED) is 0.860. The molecule has 1 N–H and O–H groups in total. The molecule has 0 fully saturated rings. The van der Waals surface area contributed by atoms with Crippen molar-refractivity contribution in [3.8, 4) is 5.75 Å². The van der Waals surface area contributed by atoms with E-state index in [-0.39, 0.29) is 6.04 Å². The minimum Gasteiger partial charge on any atom is -0.495 e. The lowest BCUT2D eigenvalue weighted by molar-refractivity contribution is 0.410. The summed E-state index contributed by atoms with van der Waals surface area (Å²) in [5.41, 5.74) is 1.08. The first-order valence-corrected chi connectivity index (χ1v) is 7.16. The van der Waals surface area contributed by atoms with Crippen LogP contribution in [0.3, 0.4) is 0 Å². The number of benzene rings is 1. The Balaban J connectivity index is 2.35. The van der Waals surface area contributed by atoms with Gasteiger partial charge in [-0.2, -0.15) is 0 Å². The molecule has 0 amide bonds. The second-order valence-electron chi connectivity index (χ2n) is 4.73. The van der Waals surface area contributed by atoms with Gasteiger partial charge in [-0.05, 0) is 49.7 Å². The number of hydrogen-bond donors (Lipinski definition) is 1. The molecule has 0 aliphatic heterocycles. The average Bonchev–Trinajstić information content (AvgIpc) is 2.87. The van der Waals surface area contributed by atoms with Gasteiger partial charge >= 0.3 is 0 Å². The van der Waals surface area contributed by atoms with E-state index in [0.29, 0.717) is 10.8 Å². The number of methoxy groups -OCH3 is 1. The lowest BCUT2D eigenvalue weighted by atomic mass is 10.0. The van der Waals surface area contributed by atoms with Gasteiger partial charge in [0.2, 0.25) is 0 Å². The molecule has 1 aromatic carbocycles. The molecule has 20 heavy (non-hydrogen) atoms. The molecule has 0 saturated heterocycles. The lowest BCUT2D eigenvalue weighted by Crippen LogP contribution is -2.22. The van der Waals surface area contributed by atoms with E-state index >= 15 is 0 Å². The fourth-order valence-electron chi connectivity index (χ4n) is 2.14. The minimum absolute atomic E-state index is 0.00909. The van der Waals surface area contributed by atoms with Crippen molar-refractivity contribution >= 4 is 11.6 Å². The summed E-state index contributed by atoms with van der Waals surface area (Å²) < 4.78 is 11.1. The van der Waals surface area contributed by atoms with Crippen LogP contribution >= 0.6 is 11.6 Å². The molecular weight excluding hydrogens is 274 g/mol. The smallest absolute Gasteiger partial charge is 0.137 e. The van der Waals surface area contributed by atoms with Crippen molar-refractivity contribution in [2.45, 2.75) is 26.3 Å². The van der Waals surface area contributed by atoms with Gasteiger partial charge < -0.3 is 14.5 Å². The summed E-state index contributed by atoms with van der Waals surface area (Å²) >= 11 is 6.09. The van der Waals surface area contributed by atoms with Gasteiger partial charge in [0.25, 0.3) is 0 Å². The highest BCUT2D eigenvalue weighted by Crippen LogP contribution is 2.31. The van der Waals surface area contributed by atoms with E-state index in [0.717, 1.165) is 30.0 Å². The molecule has 2 aromatic rings. The van der Waals surface area contributed by atoms with Crippen LogP contribution in [-0.4, -0.2) is 13.7 Å². The monoisotopic (exact) mass is 293 g/mol. The van der Waals surface area contributed by atoms with E-state index in [1.807, 2.05) is 37.3 Å². The summed E-state index contributed by atoms with van der Waals surface area (Å²) in [6, 6.07) is 9.79. The number of halogens is 1. The summed E-state index contributed by atoms with van der Waals surface area (Å²) in [7, 11) is 1.62. The largest absolute Gasteiger partial charge is 0.495 e. The third kappa shape index (κ3) is 3.35. The zero-order valence-electron chi connectivity index (χ0n) is 12.1. The van der Waals surface area contributed by atoms with Crippen molar-refractivity contribution < 1.29 is 9.15 Å². The zero-order chi connectivity index (χ0) is 14.5. The Morgan fingerprint density at radius 1 is 1.30 bits per heavy atom. The fraction of sp³-hybridized carbons (Fsp3) is 0.375. The molecule has 108 valence electrons. The Kier molecular flexibility index (Phi) is 5.10. The predicted molar refractivity (Wildman–Crippen MR) is 81.6 cm³/mol. The minimum atomic E-state index is 0.00909. The normalized spacial score (nSPS) is 12.4. The molecule has 4 heteroatoms. The van der Waals surface area contributed by atoms with E-state index in [9.17, 15) is 0 Å². The van der Waals surface area contributed by atoms with Gasteiger partial charge in [-0.3, -0.25) is 0 Å². The highest BCUT2D eigenvalue weighted by atomic mass is 35.5. The van der Waals surface area contributed by atoms with Crippen molar-refractivity contribution in [2.24, 2.45) is 0 Å². The summed E-state index contributed by atoms with van der Waals surface area (Å²) in [5.74, 6) is 2.49. The van der Waals surface area contributed by atoms with Crippen LogP contribution in [0, 0.1) is 6.92 Å². The average molecular weight is 294 g/mol. The van der Waals surface area contributed by atoms with Gasteiger partial charge in [0.05, 0.1) is 18.2 Å². The van der Waals surface area contributed by atoms with E-state index in [4.69, 9.17) is 20.8 Å². The van der Waals surface area contributed by atoms with Crippen LogP contribution in [-0.2, 0) is 0 Å². The number of rotatable bonds is 6. The highest BCUT2D eigenvalue weighted by molar-refractivity contribution is 6.32. The van der Waals surface area contributed by atoms with Crippen LogP contribution in [0.15, 0.2) is 34.7 Å². The molecule has 0 aliphatic rings. The Bertz CT molecular complexity index is 565. The zero-order valence-corrected chi connectivity index (χ0v) is 12.8. The molecule has 0 spiro atoms. The van der Waals surface area contributed by atoms with Gasteiger partial charge in [0.15, 0.2) is 0 Å². The molecular formula is C16H20ClNO2. The second kappa shape index (κ2) is 6.82. The lowest BCUT2D eigenvalue weighted by Gasteiger charge is -2.18. The van der Waals surface area contributed by atoms with Gasteiger partial charge in [0, 0.05) is 0 Å². The van der Waals surface area contributed by atoms with E-state index in [2.05, 4.69) is 12.2 Å². The van der Waals surface area contributed by atoms with E-state index in [1.54, 1.807) is 7.11 Å². The van der Waals surface area contributed by atoms with Crippen molar-refractivity contribution in [1.82, 2.24) is 5.32 Å². The molecule has 1 unspecified atom stereocenters. The van der Waals surface area contributed by atoms with Crippen molar-refractivity contribution in [1.29, 1.82) is 0 Å². The van der Waals surface area contributed by atoms with E-state index in [1.165, 1.54) is 0 Å². The Morgan fingerprint density at radius 2 is 2.10 bits per heavy atom. The maximum absolute atomic E-state index is 6.09. The Labute approximate surface area is 124 Å². The van der Waals surface area contributed by atoms with Crippen LogP contribution < -0.4 is 10.1 Å². The highest BCUT2D eigenvalue weighted by Gasteiger charge is 2.18. The van der Waals surface area contributed by atoms with Gasteiger partial charge in [-0.25, -0.2) is 0 Å². The molecule has 3 nitrogen and oxygen atoms in total. The SMILES string of the molecule is CCCNC(c1ccc(Cl)c(OC)c1)c1ccc(C)o1. The van der Waals surface area contributed by atoms with E-state index < -0.39 is 0 Å². The second-order valence-corrected chi connectivity index (χ2v) is 5.14. The predicted octanol–water partition coefficient (Wildman–Crippen LogP) is 4.34. The first-order chi connectivity index (χ1) is 9.65. The molecule has 1 atom stereocenters. The van der Waals surface area contributed by atoms with Crippen LogP contribution in [0.4, 0.5) is 0 Å². The number of hydrogen-bond acceptors (Lipinski definition) is 3. The number of ether oxygens (including phenoxy) is 1. The van der Waals surface area contributed by atoms with Crippen LogP contribution in [0.2, 0.25) is 5.02 Å².